The maximum absolute atomic E-state index is 10.6. The molecule has 4 aromatic rings. The van der Waals surface area contributed by atoms with Gasteiger partial charge in [0.25, 0.3) is 0 Å². The first-order valence-electron chi connectivity index (χ1n) is 11.8. The molecular formula is C25H21Cl4F3N6O2. The van der Waals surface area contributed by atoms with Crippen LogP contribution in [0.3, 0.4) is 0 Å². The minimum atomic E-state index is -5.08. The minimum Gasteiger partial charge on any atom is -0.475 e. The number of hydrogen-bond acceptors (Lipinski definition) is 6. The van der Waals surface area contributed by atoms with Crippen molar-refractivity contribution < 1.29 is 23.1 Å². The van der Waals surface area contributed by atoms with Crippen molar-refractivity contribution in [3.05, 3.63) is 62.7 Å². The van der Waals surface area contributed by atoms with Gasteiger partial charge in [0, 0.05) is 12.2 Å². The van der Waals surface area contributed by atoms with E-state index in [1.54, 1.807) is 18.3 Å². The first kappa shape index (κ1) is 30.1. The van der Waals surface area contributed by atoms with Crippen molar-refractivity contribution in [2.75, 3.05) is 18.4 Å². The van der Waals surface area contributed by atoms with Crippen LogP contribution in [-0.4, -0.2) is 49.9 Å². The van der Waals surface area contributed by atoms with Crippen LogP contribution in [0.25, 0.3) is 22.6 Å². The third kappa shape index (κ3) is 7.27. The molecular weight excluding hydrogens is 615 g/mol. The maximum atomic E-state index is 10.6. The number of halogens is 7. The zero-order chi connectivity index (χ0) is 29.0. The summed E-state index contributed by atoms with van der Waals surface area (Å²) in [7, 11) is 0. The van der Waals surface area contributed by atoms with Gasteiger partial charge in [0.1, 0.15) is 11.3 Å². The number of anilines is 2. The highest BCUT2D eigenvalue weighted by atomic mass is 35.5. The Bertz CT molecular complexity index is 1510. The number of nitrogens with one attached hydrogen (secondary N) is 2. The zero-order valence-electron chi connectivity index (χ0n) is 20.4. The van der Waals surface area contributed by atoms with Crippen LogP contribution in [0.15, 0.2) is 42.6 Å². The Morgan fingerprint density at radius 1 is 1.07 bits per heavy atom. The van der Waals surface area contributed by atoms with E-state index in [2.05, 4.69) is 20.2 Å². The van der Waals surface area contributed by atoms with Gasteiger partial charge in [-0.05, 0) is 62.2 Å². The van der Waals surface area contributed by atoms with Gasteiger partial charge in [0.05, 0.1) is 31.9 Å². The van der Waals surface area contributed by atoms with Crippen molar-refractivity contribution in [1.82, 2.24) is 24.8 Å². The molecule has 0 amide bonds. The fourth-order valence-corrected chi connectivity index (χ4v) is 4.96. The molecule has 0 radical (unpaired) electrons. The van der Waals surface area contributed by atoms with Gasteiger partial charge in [-0.15, -0.1) is 0 Å². The van der Waals surface area contributed by atoms with Crippen LogP contribution in [0, 0.1) is 5.92 Å². The lowest BCUT2D eigenvalue weighted by molar-refractivity contribution is -0.192. The molecule has 3 N–H and O–H groups in total. The van der Waals surface area contributed by atoms with E-state index in [-0.39, 0.29) is 0 Å². The Hall–Kier alpha value is -2.83. The van der Waals surface area contributed by atoms with Crippen LogP contribution < -0.4 is 10.6 Å². The Morgan fingerprint density at radius 3 is 2.38 bits per heavy atom. The number of fused-ring (bicyclic) bond motifs is 1. The number of imidazole rings is 1. The molecule has 1 aliphatic rings. The number of carbonyl (C=O) groups is 1. The normalized spacial score (nSPS) is 15.4. The van der Waals surface area contributed by atoms with Crippen LogP contribution in [-0.2, 0) is 11.3 Å². The smallest absolute Gasteiger partial charge is 0.475 e. The van der Waals surface area contributed by atoms with Gasteiger partial charge in [-0.2, -0.15) is 18.2 Å². The number of piperidine rings is 1. The summed E-state index contributed by atoms with van der Waals surface area (Å²) in [5.74, 6) is -1.20. The van der Waals surface area contributed by atoms with Crippen molar-refractivity contribution >= 4 is 75.2 Å². The van der Waals surface area contributed by atoms with E-state index < -0.39 is 12.1 Å². The van der Waals surface area contributed by atoms with E-state index in [1.807, 2.05) is 24.3 Å². The molecule has 0 bridgehead atoms. The SMILES string of the molecule is Clc1ccc(Nc2ncc3nc(-c4c(Cl)cccc4Cl)n(CC4CCCNC4)c3n2)cc1Cl.O=C(O)C(F)(F)F. The molecule has 0 spiro atoms. The van der Waals surface area contributed by atoms with Crippen LogP contribution >= 0.6 is 46.4 Å². The van der Waals surface area contributed by atoms with Gasteiger partial charge in [-0.1, -0.05) is 52.5 Å². The molecule has 0 saturated carbocycles. The summed E-state index contributed by atoms with van der Waals surface area (Å²) in [5, 5.41) is 15.8. The minimum absolute atomic E-state index is 0.431. The Balaban J connectivity index is 0.000000470. The highest BCUT2D eigenvalue weighted by molar-refractivity contribution is 6.42. The molecule has 2 aromatic heterocycles. The second-order valence-electron chi connectivity index (χ2n) is 8.81. The van der Waals surface area contributed by atoms with Crippen LogP contribution in [0.5, 0.6) is 0 Å². The van der Waals surface area contributed by atoms with E-state index in [9.17, 15) is 13.2 Å². The average molecular weight is 636 g/mol. The molecule has 212 valence electrons. The molecule has 0 aliphatic carbocycles. The van der Waals surface area contributed by atoms with Crippen LogP contribution in [0.2, 0.25) is 20.1 Å². The van der Waals surface area contributed by atoms with E-state index in [0.29, 0.717) is 54.5 Å². The lowest BCUT2D eigenvalue weighted by Gasteiger charge is -2.24. The number of hydrogen-bond donors (Lipinski definition) is 3. The number of aliphatic carboxylic acids is 1. The van der Waals surface area contributed by atoms with E-state index in [0.717, 1.165) is 38.2 Å². The van der Waals surface area contributed by atoms with Crippen molar-refractivity contribution in [2.45, 2.75) is 25.6 Å². The summed E-state index contributed by atoms with van der Waals surface area (Å²) in [6.07, 6.45) is -1.12. The number of carboxylic acid groups (broad SMARTS) is 1. The van der Waals surface area contributed by atoms with E-state index in [4.69, 9.17) is 66.3 Å². The topological polar surface area (TPSA) is 105 Å². The van der Waals surface area contributed by atoms with Crippen LogP contribution in [0.1, 0.15) is 12.8 Å². The summed E-state index contributed by atoms with van der Waals surface area (Å²) < 4.78 is 33.8. The molecule has 1 atom stereocenters. The summed E-state index contributed by atoms with van der Waals surface area (Å²) in [4.78, 5) is 23.0. The lowest BCUT2D eigenvalue weighted by atomic mass is 9.99. The predicted molar refractivity (Wildman–Crippen MR) is 150 cm³/mol. The van der Waals surface area contributed by atoms with Gasteiger partial charge in [0.15, 0.2) is 5.65 Å². The third-order valence-electron chi connectivity index (χ3n) is 5.93. The number of nitrogens with zero attached hydrogens (tertiary/aromatic N) is 4. The summed E-state index contributed by atoms with van der Waals surface area (Å²) in [6, 6.07) is 10.7. The summed E-state index contributed by atoms with van der Waals surface area (Å²) >= 11 is 25.3. The number of carboxylic acids is 1. The second kappa shape index (κ2) is 12.8. The first-order valence-corrected chi connectivity index (χ1v) is 13.4. The third-order valence-corrected chi connectivity index (χ3v) is 7.30. The van der Waals surface area contributed by atoms with Gasteiger partial charge in [-0.25, -0.2) is 14.8 Å². The first-order chi connectivity index (χ1) is 18.9. The van der Waals surface area contributed by atoms with Crippen molar-refractivity contribution in [3.8, 4) is 11.4 Å². The molecule has 3 heterocycles. The van der Waals surface area contributed by atoms with Gasteiger partial charge < -0.3 is 20.3 Å². The Kier molecular flexibility index (Phi) is 9.63. The highest BCUT2D eigenvalue weighted by Crippen LogP contribution is 2.36. The van der Waals surface area contributed by atoms with Crippen molar-refractivity contribution in [3.63, 3.8) is 0 Å². The molecule has 2 aromatic carbocycles. The second-order valence-corrected chi connectivity index (χ2v) is 10.4. The Labute approximate surface area is 246 Å². The fourth-order valence-electron chi connectivity index (χ4n) is 4.10. The predicted octanol–water partition coefficient (Wildman–Crippen LogP) is 7.48. The van der Waals surface area contributed by atoms with Gasteiger partial charge in [0.2, 0.25) is 5.95 Å². The molecule has 15 heteroatoms. The average Bonchev–Trinajstić information content (AvgIpc) is 3.23. The lowest BCUT2D eigenvalue weighted by Crippen LogP contribution is -2.32. The quantitative estimate of drug-likeness (QED) is 0.209. The largest absolute Gasteiger partial charge is 0.490 e. The summed E-state index contributed by atoms with van der Waals surface area (Å²) in [5.41, 5.74) is 2.82. The monoisotopic (exact) mass is 634 g/mol. The standard InChI is InChI=1S/C23H20Cl4N6.C2HF3O2/c24-15-7-6-14(9-18(15)27)30-23-29-11-19-21(32-23)33(12-13-3-2-8-28-10-13)22(31-19)20-16(25)4-1-5-17(20)26;3-2(4,5)1(6)7/h1,4-7,9,11,13,28H,2-3,8,10,12H2,(H,29,30,32);(H,6,7). The van der Waals surface area contributed by atoms with Gasteiger partial charge in [-0.3, -0.25) is 0 Å². The fraction of sp³-hybridized carbons (Fsp3) is 0.280. The van der Waals surface area contributed by atoms with Crippen molar-refractivity contribution in [2.24, 2.45) is 5.92 Å². The molecule has 40 heavy (non-hydrogen) atoms. The molecule has 1 unspecified atom stereocenters. The maximum Gasteiger partial charge on any atom is 0.490 e. The molecule has 1 aliphatic heterocycles. The molecule has 1 fully saturated rings. The molecule has 5 rings (SSSR count). The number of benzene rings is 2. The number of aromatic nitrogens is 4. The van der Waals surface area contributed by atoms with E-state index >= 15 is 0 Å². The van der Waals surface area contributed by atoms with E-state index in [1.165, 1.54) is 0 Å². The molecule has 8 nitrogen and oxygen atoms in total. The number of alkyl halides is 3. The van der Waals surface area contributed by atoms with Crippen LogP contribution in [0.4, 0.5) is 24.8 Å². The molecule has 1 saturated heterocycles. The van der Waals surface area contributed by atoms with Crippen molar-refractivity contribution in [1.29, 1.82) is 0 Å². The zero-order valence-corrected chi connectivity index (χ0v) is 23.5. The van der Waals surface area contributed by atoms with Gasteiger partial charge >= 0.3 is 12.1 Å². The Morgan fingerprint density at radius 2 is 1.77 bits per heavy atom. The summed E-state index contributed by atoms with van der Waals surface area (Å²) in [6.45, 7) is 2.72. The highest BCUT2D eigenvalue weighted by Gasteiger charge is 2.38. The number of rotatable bonds is 5.